The lowest BCUT2D eigenvalue weighted by atomic mass is 10.1. The molecule has 0 unspecified atom stereocenters. The minimum absolute atomic E-state index is 0.696. The monoisotopic (exact) mass is 313 g/mol. The Morgan fingerprint density at radius 2 is 1.77 bits per heavy atom. The van der Waals surface area contributed by atoms with Crippen molar-refractivity contribution in [3.8, 4) is 0 Å². The normalized spacial score (nSPS) is 12.6. The summed E-state index contributed by atoms with van der Waals surface area (Å²) in [4.78, 5) is 0.858. The Morgan fingerprint density at radius 3 is 2.45 bits per heavy atom. The fraction of sp³-hybridized carbons (Fsp3) is 0.222. The van der Waals surface area contributed by atoms with Crippen molar-refractivity contribution in [2.45, 2.75) is 24.9 Å². The Morgan fingerprint density at radius 1 is 1.05 bits per heavy atom. The molecular weight excluding hydrogens is 294 g/mol. The minimum Gasteiger partial charge on any atom is -0.459 e. The van der Waals surface area contributed by atoms with Crippen LogP contribution in [0.2, 0.25) is 0 Å². The molecule has 0 aliphatic carbocycles. The van der Waals surface area contributed by atoms with Gasteiger partial charge in [0.15, 0.2) is 0 Å². The second-order valence-corrected chi connectivity index (χ2v) is 6.73. The second-order valence-electron chi connectivity index (χ2n) is 5.35. The van der Waals surface area contributed by atoms with Crippen molar-refractivity contribution < 1.29 is 8.63 Å². The number of rotatable bonds is 5. The lowest BCUT2D eigenvalue weighted by molar-refractivity contribution is 0.510. The van der Waals surface area contributed by atoms with E-state index in [4.69, 9.17) is 4.42 Å². The molecule has 1 atom stereocenters. The molecular formula is C18H19NO2S. The highest BCUT2D eigenvalue weighted by Crippen LogP contribution is 2.24. The van der Waals surface area contributed by atoms with Crippen LogP contribution in [0.15, 0.2) is 57.8 Å². The molecule has 3 nitrogen and oxygen atoms in total. The lowest BCUT2D eigenvalue weighted by Gasteiger charge is -2.05. The number of fused-ring (bicyclic) bond motifs is 1. The predicted octanol–water partition coefficient (Wildman–Crippen LogP) is 3.77. The largest absolute Gasteiger partial charge is 0.459 e. The summed E-state index contributed by atoms with van der Waals surface area (Å²) in [6, 6.07) is 15.9. The Hall–Kier alpha value is -1.91. The molecule has 22 heavy (non-hydrogen) atoms. The Bertz CT molecular complexity index is 806. The topological polar surface area (TPSA) is 42.2 Å². The van der Waals surface area contributed by atoms with Crippen molar-refractivity contribution >= 4 is 21.8 Å². The van der Waals surface area contributed by atoms with Crippen LogP contribution >= 0.6 is 0 Å². The van der Waals surface area contributed by atoms with Gasteiger partial charge < -0.3 is 9.73 Å². The van der Waals surface area contributed by atoms with Crippen LogP contribution in [0.3, 0.4) is 0 Å². The van der Waals surface area contributed by atoms with Crippen molar-refractivity contribution in [1.82, 2.24) is 5.32 Å². The zero-order valence-corrected chi connectivity index (χ0v) is 13.6. The first-order chi connectivity index (χ1) is 10.6. The maximum absolute atomic E-state index is 11.4. The Kier molecular flexibility index (Phi) is 4.41. The maximum atomic E-state index is 11.4. The van der Waals surface area contributed by atoms with Crippen LogP contribution in [0.1, 0.15) is 16.9 Å². The molecule has 0 aliphatic rings. The number of para-hydroxylation sites is 1. The van der Waals surface area contributed by atoms with Gasteiger partial charge in [0.05, 0.1) is 6.54 Å². The fourth-order valence-electron chi connectivity index (χ4n) is 2.51. The molecule has 3 rings (SSSR count). The third kappa shape index (κ3) is 3.13. The quantitative estimate of drug-likeness (QED) is 0.779. The van der Waals surface area contributed by atoms with Gasteiger partial charge in [0, 0.05) is 33.9 Å². The van der Waals surface area contributed by atoms with Crippen molar-refractivity contribution in [3.05, 3.63) is 65.4 Å². The first kappa shape index (κ1) is 15.0. The molecule has 0 amide bonds. The predicted molar refractivity (Wildman–Crippen MR) is 90.3 cm³/mol. The molecule has 0 radical (unpaired) electrons. The molecule has 1 N–H and O–H groups in total. The molecule has 2 aromatic carbocycles. The van der Waals surface area contributed by atoms with Gasteiger partial charge in [0.1, 0.15) is 11.3 Å². The number of hydrogen-bond acceptors (Lipinski definition) is 3. The van der Waals surface area contributed by atoms with E-state index >= 15 is 0 Å². The van der Waals surface area contributed by atoms with Crippen LogP contribution in [0.4, 0.5) is 0 Å². The maximum Gasteiger partial charge on any atom is 0.134 e. The highest BCUT2D eigenvalue weighted by molar-refractivity contribution is 7.84. The van der Waals surface area contributed by atoms with E-state index in [1.807, 2.05) is 42.5 Å². The van der Waals surface area contributed by atoms with Crippen molar-refractivity contribution in [1.29, 1.82) is 0 Å². The summed E-state index contributed by atoms with van der Waals surface area (Å²) >= 11 is 0. The zero-order valence-electron chi connectivity index (χ0n) is 12.8. The second kappa shape index (κ2) is 6.46. The Balaban J connectivity index is 1.64. The summed E-state index contributed by atoms with van der Waals surface area (Å²) in [7, 11) is -0.920. The van der Waals surface area contributed by atoms with E-state index in [-0.39, 0.29) is 0 Å². The number of furan rings is 1. The lowest BCUT2D eigenvalue weighted by Crippen LogP contribution is -2.12. The van der Waals surface area contributed by atoms with E-state index in [9.17, 15) is 4.21 Å². The van der Waals surface area contributed by atoms with E-state index in [2.05, 4.69) is 18.3 Å². The number of hydrogen-bond donors (Lipinski definition) is 1. The summed E-state index contributed by atoms with van der Waals surface area (Å²) in [5.41, 5.74) is 3.30. The smallest absolute Gasteiger partial charge is 0.134 e. The van der Waals surface area contributed by atoms with Gasteiger partial charge in [0.25, 0.3) is 0 Å². The van der Waals surface area contributed by atoms with E-state index in [1.54, 1.807) is 6.26 Å². The summed E-state index contributed by atoms with van der Waals surface area (Å²) < 4.78 is 17.2. The number of nitrogens with one attached hydrogen (secondary N) is 1. The van der Waals surface area contributed by atoms with Crippen LogP contribution in [0.25, 0.3) is 11.0 Å². The van der Waals surface area contributed by atoms with E-state index in [1.165, 1.54) is 16.5 Å². The average molecular weight is 313 g/mol. The van der Waals surface area contributed by atoms with Crippen molar-refractivity contribution in [2.24, 2.45) is 0 Å². The molecule has 114 valence electrons. The third-order valence-corrected chi connectivity index (χ3v) is 4.75. The minimum atomic E-state index is -0.920. The van der Waals surface area contributed by atoms with Gasteiger partial charge in [-0.05, 0) is 36.2 Å². The van der Waals surface area contributed by atoms with Gasteiger partial charge in [-0.3, -0.25) is 4.21 Å². The zero-order chi connectivity index (χ0) is 15.5. The summed E-state index contributed by atoms with van der Waals surface area (Å²) in [5.74, 6) is 0.979. The summed E-state index contributed by atoms with van der Waals surface area (Å²) in [6.07, 6.45) is 1.69. The Labute approximate surface area is 132 Å². The van der Waals surface area contributed by atoms with E-state index in [0.717, 1.165) is 22.8 Å². The third-order valence-electron chi connectivity index (χ3n) is 3.81. The molecule has 0 saturated heterocycles. The van der Waals surface area contributed by atoms with Crippen LogP contribution in [0.5, 0.6) is 0 Å². The summed E-state index contributed by atoms with van der Waals surface area (Å²) in [6.45, 7) is 3.54. The molecule has 0 bridgehead atoms. The highest BCUT2D eigenvalue weighted by atomic mass is 32.2. The number of benzene rings is 2. The van der Waals surface area contributed by atoms with E-state index < -0.39 is 10.8 Å². The van der Waals surface area contributed by atoms with E-state index in [0.29, 0.717) is 6.54 Å². The van der Waals surface area contributed by atoms with Gasteiger partial charge >= 0.3 is 0 Å². The van der Waals surface area contributed by atoms with Crippen molar-refractivity contribution in [3.63, 3.8) is 0 Å². The highest BCUT2D eigenvalue weighted by Gasteiger charge is 2.09. The molecule has 0 aliphatic heterocycles. The SMILES string of the molecule is Cc1c(CNCc2ccc([S@](C)=O)cc2)oc2ccccc12. The van der Waals surface area contributed by atoms with Crippen LogP contribution in [-0.4, -0.2) is 10.5 Å². The standard InChI is InChI=1S/C18H19NO2S/c1-13-16-5-3-4-6-17(16)21-18(13)12-19-11-14-7-9-15(10-8-14)22(2)20/h3-10,19H,11-12H2,1-2H3/t22-/m0/s1. The fourth-order valence-corrected chi connectivity index (χ4v) is 3.03. The molecule has 4 heteroatoms. The molecule has 1 aromatic heterocycles. The van der Waals surface area contributed by atoms with Gasteiger partial charge in [-0.2, -0.15) is 0 Å². The number of aryl methyl sites for hydroxylation is 1. The molecule has 3 aromatic rings. The molecule has 0 saturated carbocycles. The van der Waals surface area contributed by atoms with Crippen molar-refractivity contribution in [2.75, 3.05) is 6.26 Å². The van der Waals surface area contributed by atoms with Gasteiger partial charge in [-0.25, -0.2) is 0 Å². The first-order valence-electron chi connectivity index (χ1n) is 7.25. The molecule has 0 spiro atoms. The van der Waals surface area contributed by atoms with Crippen LogP contribution in [-0.2, 0) is 23.9 Å². The van der Waals surface area contributed by atoms with Crippen LogP contribution < -0.4 is 5.32 Å². The van der Waals surface area contributed by atoms with Gasteiger partial charge in [-0.15, -0.1) is 0 Å². The average Bonchev–Trinajstić information content (AvgIpc) is 2.85. The van der Waals surface area contributed by atoms with Gasteiger partial charge in [0.2, 0.25) is 0 Å². The van der Waals surface area contributed by atoms with Crippen LogP contribution in [0, 0.1) is 6.92 Å². The first-order valence-corrected chi connectivity index (χ1v) is 8.81. The molecule has 0 fully saturated rings. The summed E-state index contributed by atoms with van der Waals surface area (Å²) in [5, 5.41) is 4.57. The van der Waals surface area contributed by atoms with Gasteiger partial charge in [-0.1, -0.05) is 30.3 Å². The molecule has 1 heterocycles.